The Labute approximate surface area is 130 Å². The topological polar surface area (TPSA) is 41.1 Å². The largest absolute Gasteiger partial charge is 0.356 e. The van der Waals surface area contributed by atoms with Crippen LogP contribution in [0.5, 0.6) is 0 Å². The van der Waals surface area contributed by atoms with Gasteiger partial charge in [-0.25, -0.2) is 4.98 Å². The van der Waals surface area contributed by atoms with Gasteiger partial charge >= 0.3 is 0 Å². The number of anilines is 3. The van der Waals surface area contributed by atoms with Gasteiger partial charge in [0.2, 0.25) is 5.95 Å². The van der Waals surface area contributed by atoms with Crippen LogP contribution in [0, 0.1) is 0 Å². The Morgan fingerprint density at radius 2 is 1.67 bits per heavy atom. The summed E-state index contributed by atoms with van der Waals surface area (Å²) in [6.07, 6.45) is 6.92. The van der Waals surface area contributed by atoms with E-state index in [1.54, 1.807) is 0 Å². The molecule has 4 nitrogen and oxygen atoms in total. The quantitative estimate of drug-likeness (QED) is 0.920. The summed E-state index contributed by atoms with van der Waals surface area (Å²) in [4.78, 5) is 11.3. The van der Waals surface area contributed by atoms with Gasteiger partial charge in [0.15, 0.2) is 0 Å². The summed E-state index contributed by atoms with van der Waals surface area (Å²) in [5, 5.41) is 3.94. The van der Waals surface area contributed by atoms with Crippen LogP contribution in [0.3, 0.4) is 0 Å². The van der Waals surface area contributed by atoms with Gasteiger partial charge in [0.25, 0.3) is 0 Å². The lowest BCUT2D eigenvalue weighted by Gasteiger charge is -2.21. The van der Waals surface area contributed by atoms with Crippen LogP contribution in [0.15, 0.2) is 36.5 Å². The van der Waals surface area contributed by atoms with Crippen LogP contribution in [0.25, 0.3) is 0 Å². The Morgan fingerprint density at radius 1 is 0.952 bits per heavy atom. The van der Waals surface area contributed by atoms with Crippen molar-refractivity contribution in [2.45, 2.75) is 25.7 Å². The molecule has 110 valence electrons. The number of hydrogen-bond acceptors (Lipinski definition) is 4. The van der Waals surface area contributed by atoms with Gasteiger partial charge in [0.05, 0.1) is 0 Å². The normalized spacial score (nSPS) is 15.6. The average Bonchev–Trinajstić information content (AvgIpc) is 2.79. The standard InChI is InChI=1S/C16H19ClN4/c17-13-5-7-14(8-6-13)19-16-18-10-9-15(20-16)21-11-3-1-2-4-12-21/h5-10H,1-4,11-12H2,(H,18,19,20). The van der Waals surface area contributed by atoms with Crippen LogP contribution >= 0.6 is 11.6 Å². The predicted molar refractivity (Wildman–Crippen MR) is 87.4 cm³/mol. The lowest BCUT2D eigenvalue weighted by Crippen LogP contribution is -2.25. The first kappa shape index (κ1) is 14.1. The fourth-order valence-corrected chi connectivity index (χ4v) is 2.67. The van der Waals surface area contributed by atoms with Crippen molar-refractivity contribution in [2.75, 3.05) is 23.3 Å². The molecule has 0 saturated carbocycles. The fourth-order valence-electron chi connectivity index (χ4n) is 2.55. The van der Waals surface area contributed by atoms with Crippen LogP contribution in [0.4, 0.5) is 17.5 Å². The van der Waals surface area contributed by atoms with Crippen LogP contribution < -0.4 is 10.2 Å². The molecule has 0 spiro atoms. The van der Waals surface area contributed by atoms with Gasteiger partial charge in [-0.3, -0.25) is 0 Å². The molecule has 0 unspecified atom stereocenters. The molecule has 0 amide bonds. The maximum absolute atomic E-state index is 5.89. The summed E-state index contributed by atoms with van der Waals surface area (Å²) >= 11 is 5.89. The van der Waals surface area contributed by atoms with Crippen molar-refractivity contribution in [3.63, 3.8) is 0 Å². The molecule has 1 N–H and O–H groups in total. The van der Waals surface area contributed by atoms with Crippen LogP contribution in [0.1, 0.15) is 25.7 Å². The third-order valence-corrected chi connectivity index (χ3v) is 3.92. The molecule has 1 aliphatic rings. The van der Waals surface area contributed by atoms with E-state index in [9.17, 15) is 0 Å². The molecule has 5 heteroatoms. The van der Waals surface area contributed by atoms with Crippen LogP contribution in [-0.4, -0.2) is 23.1 Å². The zero-order valence-corrected chi connectivity index (χ0v) is 12.7. The fraction of sp³-hybridized carbons (Fsp3) is 0.375. The van der Waals surface area contributed by atoms with Gasteiger partial charge < -0.3 is 10.2 Å². The molecule has 1 aromatic heterocycles. The first-order valence-electron chi connectivity index (χ1n) is 7.42. The SMILES string of the molecule is Clc1ccc(Nc2nccc(N3CCCCCC3)n2)cc1. The molecular weight excluding hydrogens is 284 g/mol. The molecular formula is C16H19ClN4. The number of halogens is 1. The van der Waals surface area contributed by atoms with Crippen molar-refractivity contribution in [1.29, 1.82) is 0 Å². The molecule has 1 aromatic carbocycles. The lowest BCUT2D eigenvalue weighted by molar-refractivity contribution is 0.726. The van der Waals surface area contributed by atoms with Gasteiger partial charge in [0, 0.05) is 30.0 Å². The second-order valence-electron chi connectivity index (χ2n) is 5.27. The number of aromatic nitrogens is 2. The zero-order chi connectivity index (χ0) is 14.5. The monoisotopic (exact) mass is 302 g/mol. The highest BCUT2D eigenvalue weighted by Crippen LogP contribution is 2.20. The molecule has 0 radical (unpaired) electrons. The van der Waals surface area contributed by atoms with Gasteiger partial charge in [0.1, 0.15) is 5.82 Å². The van der Waals surface area contributed by atoms with Gasteiger partial charge in [-0.05, 0) is 43.2 Å². The minimum atomic E-state index is 0.624. The highest BCUT2D eigenvalue weighted by Gasteiger charge is 2.11. The van der Waals surface area contributed by atoms with Crippen LogP contribution in [-0.2, 0) is 0 Å². The maximum Gasteiger partial charge on any atom is 0.229 e. The minimum Gasteiger partial charge on any atom is -0.356 e. The Balaban J connectivity index is 1.74. The third-order valence-electron chi connectivity index (χ3n) is 3.67. The van der Waals surface area contributed by atoms with E-state index in [2.05, 4.69) is 20.2 Å². The first-order chi connectivity index (χ1) is 10.3. The van der Waals surface area contributed by atoms with Crippen molar-refractivity contribution in [3.8, 4) is 0 Å². The lowest BCUT2D eigenvalue weighted by atomic mass is 10.2. The van der Waals surface area contributed by atoms with E-state index in [0.29, 0.717) is 5.95 Å². The summed E-state index contributed by atoms with van der Waals surface area (Å²) < 4.78 is 0. The Kier molecular flexibility index (Phi) is 4.55. The number of benzene rings is 1. The molecule has 21 heavy (non-hydrogen) atoms. The highest BCUT2D eigenvalue weighted by molar-refractivity contribution is 6.30. The van der Waals surface area contributed by atoms with E-state index in [1.807, 2.05) is 36.5 Å². The maximum atomic E-state index is 5.89. The molecule has 1 saturated heterocycles. The molecule has 1 fully saturated rings. The smallest absolute Gasteiger partial charge is 0.229 e. The third kappa shape index (κ3) is 3.85. The summed E-state index contributed by atoms with van der Waals surface area (Å²) in [6.45, 7) is 2.16. The minimum absolute atomic E-state index is 0.624. The van der Waals surface area contributed by atoms with E-state index >= 15 is 0 Å². The highest BCUT2D eigenvalue weighted by atomic mass is 35.5. The van der Waals surface area contributed by atoms with Gasteiger partial charge in [-0.1, -0.05) is 24.4 Å². The average molecular weight is 303 g/mol. The summed E-state index contributed by atoms with van der Waals surface area (Å²) in [6, 6.07) is 9.53. The van der Waals surface area contributed by atoms with E-state index in [1.165, 1.54) is 25.7 Å². The van der Waals surface area contributed by atoms with Crippen molar-refractivity contribution in [1.82, 2.24) is 9.97 Å². The zero-order valence-electron chi connectivity index (χ0n) is 11.9. The molecule has 2 aromatic rings. The summed E-state index contributed by atoms with van der Waals surface area (Å²) in [7, 11) is 0. The Hall–Kier alpha value is -1.81. The van der Waals surface area contributed by atoms with E-state index < -0.39 is 0 Å². The Bertz CT molecular complexity index is 577. The number of nitrogens with zero attached hydrogens (tertiary/aromatic N) is 3. The summed E-state index contributed by atoms with van der Waals surface area (Å²) in [5.74, 6) is 1.63. The second-order valence-corrected chi connectivity index (χ2v) is 5.71. The molecule has 3 rings (SSSR count). The molecule has 0 bridgehead atoms. The molecule has 2 heterocycles. The van der Waals surface area contributed by atoms with Crippen LogP contribution in [0.2, 0.25) is 5.02 Å². The number of rotatable bonds is 3. The van der Waals surface area contributed by atoms with Crippen molar-refractivity contribution < 1.29 is 0 Å². The summed E-state index contributed by atoms with van der Waals surface area (Å²) in [5.41, 5.74) is 0.937. The molecule has 0 atom stereocenters. The van der Waals surface area contributed by atoms with Gasteiger partial charge in [-0.15, -0.1) is 0 Å². The first-order valence-corrected chi connectivity index (χ1v) is 7.80. The van der Waals surface area contributed by atoms with Crippen molar-refractivity contribution in [2.24, 2.45) is 0 Å². The van der Waals surface area contributed by atoms with E-state index in [-0.39, 0.29) is 0 Å². The van der Waals surface area contributed by atoms with E-state index in [4.69, 9.17) is 11.6 Å². The Morgan fingerprint density at radius 3 is 2.38 bits per heavy atom. The second kappa shape index (κ2) is 6.76. The molecule has 1 aliphatic heterocycles. The number of nitrogens with one attached hydrogen (secondary N) is 1. The van der Waals surface area contributed by atoms with Gasteiger partial charge in [-0.2, -0.15) is 4.98 Å². The molecule has 0 aliphatic carbocycles. The van der Waals surface area contributed by atoms with Crippen molar-refractivity contribution in [3.05, 3.63) is 41.6 Å². The number of hydrogen-bond donors (Lipinski definition) is 1. The van der Waals surface area contributed by atoms with Crippen molar-refractivity contribution >= 4 is 29.1 Å². The predicted octanol–water partition coefficient (Wildman–Crippen LogP) is 4.25. The van der Waals surface area contributed by atoms with E-state index in [0.717, 1.165) is 29.6 Å².